The monoisotopic (exact) mass is 337 g/mol. The van der Waals surface area contributed by atoms with Crippen LogP contribution in [0.15, 0.2) is 36.8 Å². The lowest BCUT2D eigenvalue weighted by Gasteiger charge is -2.23. The van der Waals surface area contributed by atoms with Crippen LogP contribution in [0.25, 0.3) is 0 Å². The fraction of sp³-hybridized carbons (Fsp3) is 0.474. The number of hydrogen-bond acceptors (Lipinski definition) is 5. The maximum atomic E-state index is 13.0. The summed E-state index contributed by atoms with van der Waals surface area (Å²) in [6, 6.07) is 5.84. The fourth-order valence-electron chi connectivity index (χ4n) is 3.85. The lowest BCUT2D eigenvalue weighted by atomic mass is 9.85. The van der Waals surface area contributed by atoms with Crippen LogP contribution in [0.4, 0.5) is 5.95 Å². The summed E-state index contributed by atoms with van der Waals surface area (Å²) in [6.45, 7) is 5.06. The molecule has 4 heterocycles. The van der Waals surface area contributed by atoms with Crippen molar-refractivity contribution in [3.63, 3.8) is 0 Å². The molecule has 0 saturated carbocycles. The highest BCUT2D eigenvalue weighted by Gasteiger charge is 2.51. The predicted molar refractivity (Wildman–Crippen MR) is 94.9 cm³/mol. The first-order valence-corrected chi connectivity index (χ1v) is 8.95. The lowest BCUT2D eigenvalue weighted by Crippen LogP contribution is -2.37. The second kappa shape index (κ2) is 6.43. The van der Waals surface area contributed by atoms with E-state index in [1.54, 1.807) is 6.20 Å². The Morgan fingerprint density at radius 2 is 1.92 bits per heavy atom. The van der Waals surface area contributed by atoms with Crippen LogP contribution < -0.4 is 4.90 Å². The summed E-state index contributed by atoms with van der Waals surface area (Å²) in [6.07, 6.45) is 8.27. The van der Waals surface area contributed by atoms with E-state index in [4.69, 9.17) is 0 Å². The maximum Gasteiger partial charge on any atom is 0.231 e. The van der Waals surface area contributed by atoms with Crippen LogP contribution in [-0.4, -0.2) is 45.4 Å². The maximum absolute atomic E-state index is 13.0. The van der Waals surface area contributed by atoms with Crippen molar-refractivity contribution >= 4 is 11.9 Å². The van der Waals surface area contributed by atoms with Crippen molar-refractivity contribution in [1.82, 2.24) is 19.9 Å². The van der Waals surface area contributed by atoms with Gasteiger partial charge in [-0.25, -0.2) is 9.97 Å². The molecule has 0 aromatic carbocycles. The van der Waals surface area contributed by atoms with Crippen molar-refractivity contribution in [2.45, 2.75) is 32.7 Å². The lowest BCUT2D eigenvalue weighted by molar-refractivity contribution is -0.135. The summed E-state index contributed by atoms with van der Waals surface area (Å²) in [5.74, 6) is 0.996. The second-order valence-electron chi connectivity index (χ2n) is 6.99. The summed E-state index contributed by atoms with van der Waals surface area (Å²) < 4.78 is 0. The van der Waals surface area contributed by atoms with Crippen LogP contribution in [0.5, 0.6) is 0 Å². The molecular formula is C19H23N5O. The molecule has 2 aromatic rings. The summed E-state index contributed by atoms with van der Waals surface area (Å²) in [5, 5.41) is 0. The van der Waals surface area contributed by atoms with Gasteiger partial charge in [0.1, 0.15) is 0 Å². The average Bonchev–Trinajstić information content (AvgIpc) is 3.23. The van der Waals surface area contributed by atoms with Gasteiger partial charge in [-0.2, -0.15) is 0 Å². The molecule has 0 aliphatic carbocycles. The molecule has 6 heteroatoms. The number of aryl methyl sites for hydroxylation is 1. The largest absolute Gasteiger partial charge is 0.340 e. The van der Waals surface area contributed by atoms with Crippen LogP contribution >= 0.6 is 0 Å². The van der Waals surface area contributed by atoms with Crippen molar-refractivity contribution in [3.05, 3.63) is 48.0 Å². The van der Waals surface area contributed by atoms with E-state index in [9.17, 15) is 4.79 Å². The minimum absolute atomic E-state index is 0.255. The smallest absolute Gasteiger partial charge is 0.231 e. The molecule has 0 N–H and O–H groups in total. The van der Waals surface area contributed by atoms with Gasteiger partial charge in [-0.3, -0.25) is 9.78 Å². The van der Waals surface area contributed by atoms with E-state index in [1.807, 2.05) is 35.5 Å². The van der Waals surface area contributed by atoms with Gasteiger partial charge in [0.25, 0.3) is 0 Å². The molecule has 4 rings (SSSR count). The molecule has 6 nitrogen and oxygen atoms in total. The third-order valence-electron chi connectivity index (χ3n) is 5.42. The number of anilines is 1. The molecule has 25 heavy (non-hydrogen) atoms. The zero-order valence-corrected chi connectivity index (χ0v) is 14.6. The van der Waals surface area contributed by atoms with E-state index in [1.165, 1.54) is 0 Å². The minimum atomic E-state index is -0.276. The highest BCUT2D eigenvalue weighted by Crippen LogP contribution is 2.41. The zero-order valence-electron chi connectivity index (χ0n) is 14.6. The molecule has 2 aliphatic rings. The molecule has 0 bridgehead atoms. The first kappa shape index (κ1) is 16.0. The summed E-state index contributed by atoms with van der Waals surface area (Å²) in [5.41, 5.74) is 1.80. The number of nitrogens with zero attached hydrogens (tertiary/aromatic N) is 5. The molecule has 1 spiro atoms. The second-order valence-corrected chi connectivity index (χ2v) is 6.99. The normalized spacial score (nSPS) is 23.0. The van der Waals surface area contributed by atoms with Crippen molar-refractivity contribution in [3.8, 4) is 0 Å². The van der Waals surface area contributed by atoms with Gasteiger partial charge >= 0.3 is 0 Å². The number of amides is 1. The Balaban J connectivity index is 1.45. The summed E-state index contributed by atoms with van der Waals surface area (Å²) in [4.78, 5) is 30.4. The van der Waals surface area contributed by atoms with Crippen molar-refractivity contribution in [1.29, 1.82) is 0 Å². The van der Waals surface area contributed by atoms with Gasteiger partial charge in [0, 0.05) is 38.2 Å². The van der Waals surface area contributed by atoms with Crippen molar-refractivity contribution in [2.75, 3.05) is 24.5 Å². The Kier molecular flexibility index (Phi) is 4.11. The molecule has 1 atom stereocenters. The van der Waals surface area contributed by atoms with Crippen LogP contribution in [0.1, 0.15) is 31.0 Å². The van der Waals surface area contributed by atoms with Crippen LogP contribution in [0.3, 0.4) is 0 Å². The number of carbonyl (C=O) groups excluding carboxylic acids is 1. The summed E-state index contributed by atoms with van der Waals surface area (Å²) in [7, 11) is 0. The van der Waals surface area contributed by atoms with Gasteiger partial charge < -0.3 is 9.80 Å². The Morgan fingerprint density at radius 1 is 1.12 bits per heavy atom. The number of likely N-dealkylation sites (tertiary alicyclic amines) is 1. The topological polar surface area (TPSA) is 62.2 Å². The molecule has 2 saturated heterocycles. The molecule has 2 fully saturated rings. The Bertz CT molecular complexity index is 748. The Hall–Kier alpha value is -2.50. The van der Waals surface area contributed by atoms with Gasteiger partial charge in [0.2, 0.25) is 11.9 Å². The van der Waals surface area contributed by atoms with E-state index < -0.39 is 0 Å². The fourth-order valence-corrected chi connectivity index (χ4v) is 3.85. The third kappa shape index (κ3) is 2.97. The van der Waals surface area contributed by atoms with Gasteiger partial charge in [-0.1, -0.05) is 13.0 Å². The third-order valence-corrected chi connectivity index (χ3v) is 5.42. The Labute approximate surface area is 147 Å². The van der Waals surface area contributed by atoms with Crippen LogP contribution in [0, 0.1) is 5.41 Å². The summed E-state index contributed by atoms with van der Waals surface area (Å²) >= 11 is 0. The predicted octanol–water partition coefficient (Wildman–Crippen LogP) is 2.06. The number of aromatic nitrogens is 3. The molecule has 0 unspecified atom stereocenters. The van der Waals surface area contributed by atoms with E-state index in [0.717, 1.165) is 56.1 Å². The van der Waals surface area contributed by atoms with Crippen LogP contribution in [0.2, 0.25) is 0 Å². The first-order chi connectivity index (χ1) is 12.2. The number of hydrogen-bond donors (Lipinski definition) is 0. The van der Waals surface area contributed by atoms with Gasteiger partial charge in [-0.15, -0.1) is 0 Å². The standard InChI is InChI=1S/C19H23N5O/c1-2-15-11-21-18(22-12-15)24-10-7-19(14-24)6-9-23(17(19)25)13-16-5-3-4-8-20-16/h3-5,8,11-12H,2,6-7,9-10,13-14H2,1H3/t19-/m1/s1. The number of rotatable bonds is 4. The van der Waals surface area contributed by atoms with Crippen molar-refractivity contribution < 1.29 is 4.79 Å². The number of carbonyl (C=O) groups is 1. The first-order valence-electron chi connectivity index (χ1n) is 8.95. The zero-order chi connectivity index (χ0) is 17.3. The molecule has 2 aromatic heterocycles. The van der Waals surface area contributed by atoms with E-state index in [2.05, 4.69) is 26.8 Å². The minimum Gasteiger partial charge on any atom is -0.340 e. The highest BCUT2D eigenvalue weighted by atomic mass is 16.2. The quantitative estimate of drug-likeness (QED) is 0.855. The van der Waals surface area contributed by atoms with Crippen LogP contribution in [-0.2, 0) is 17.8 Å². The van der Waals surface area contributed by atoms with Crippen molar-refractivity contribution in [2.24, 2.45) is 5.41 Å². The molecule has 130 valence electrons. The average molecular weight is 337 g/mol. The highest BCUT2D eigenvalue weighted by molar-refractivity contribution is 5.86. The molecule has 0 radical (unpaired) electrons. The van der Waals surface area contributed by atoms with Gasteiger partial charge in [0.05, 0.1) is 17.7 Å². The van der Waals surface area contributed by atoms with E-state index >= 15 is 0 Å². The Morgan fingerprint density at radius 3 is 2.64 bits per heavy atom. The molecule has 1 amide bonds. The van der Waals surface area contributed by atoms with Gasteiger partial charge in [-0.05, 0) is 37.0 Å². The SMILES string of the molecule is CCc1cnc(N2CC[C@]3(CCN(Cc4ccccn4)C3=O)C2)nc1. The van der Waals surface area contributed by atoms with E-state index in [-0.39, 0.29) is 11.3 Å². The molecular weight excluding hydrogens is 314 g/mol. The van der Waals surface area contributed by atoms with Gasteiger partial charge in [0.15, 0.2) is 0 Å². The van der Waals surface area contributed by atoms with E-state index in [0.29, 0.717) is 6.54 Å². The molecule has 2 aliphatic heterocycles. The number of pyridine rings is 1.